The van der Waals surface area contributed by atoms with E-state index in [-0.39, 0.29) is 40.4 Å². The number of Topliss-reactive ketones (excluding diaryl/α,β-unsaturated/α-hetero) is 1. The predicted molar refractivity (Wildman–Crippen MR) is 122 cm³/mol. The Hall–Kier alpha value is -3.23. The topological polar surface area (TPSA) is 117 Å². The maximum absolute atomic E-state index is 13.4. The zero-order chi connectivity index (χ0) is 24.7. The van der Waals surface area contributed by atoms with Gasteiger partial charge in [-0.2, -0.15) is 0 Å². The van der Waals surface area contributed by atoms with Gasteiger partial charge in [0.25, 0.3) is 5.69 Å². The number of ketones is 1. The lowest BCUT2D eigenvalue weighted by Gasteiger charge is -2.39. The van der Waals surface area contributed by atoms with Gasteiger partial charge >= 0.3 is 5.97 Å². The number of nitrogens with zero attached hydrogens (tertiary/aromatic N) is 2. The van der Waals surface area contributed by atoms with Gasteiger partial charge in [0.1, 0.15) is 5.92 Å². The van der Waals surface area contributed by atoms with Gasteiger partial charge in [0, 0.05) is 34.9 Å². The molecule has 0 N–H and O–H groups in total. The molecular formula is C24H30N2O7. The van der Waals surface area contributed by atoms with Crippen molar-refractivity contribution in [2.24, 2.45) is 16.3 Å². The standard InChI is InChI=1S/C24H30N2O7/c1-12(2)33-23(28)20-13(3)25-15-10-24(4,5)11-17(27)22(15)21(20)14-8-18(31-6)19(32-7)9-16(14)26(29)30/h8-9,12,20-21H,10-11H2,1-7H3/t20?,21-/m1/s1. The Labute approximate surface area is 193 Å². The van der Waals surface area contributed by atoms with Crippen molar-refractivity contribution in [3.8, 4) is 11.5 Å². The number of aliphatic imine (C=N–C) groups is 1. The number of carbonyl (C=O) groups is 2. The lowest BCUT2D eigenvalue weighted by atomic mass is 9.66. The molecule has 0 aromatic heterocycles. The lowest BCUT2D eigenvalue weighted by Crippen LogP contribution is -2.40. The molecule has 9 heteroatoms. The first-order valence-electron chi connectivity index (χ1n) is 10.8. The Morgan fingerprint density at radius 2 is 1.79 bits per heavy atom. The van der Waals surface area contributed by atoms with Gasteiger partial charge in [-0.15, -0.1) is 0 Å². The van der Waals surface area contributed by atoms with E-state index in [0.29, 0.717) is 23.4 Å². The van der Waals surface area contributed by atoms with Gasteiger partial charge in [-0.1, -0.05) is 13.8 Å². The number of nitro benzene ring substituents is 1. The molecule has 0 amide bonds. The highest BCUT2D eigenvalue weighted by Crippen LogP contribution is 2.51. The Morgan fingerprint density at radius 3 is 2.33 bits per heavy atom. The van der Waals surface area contributed by atoms with Crippen LogP contribution in [0.4, 0.5) is 5.69 Å². The number of esters is 1. The van der Waals surface area contributed by atoms with Gasteiger partial charge in [0.2, 0.25) is 0 Å². The predicted octanol–water partition coefficient (Wildman–Crippen LogP) is 4.38. The fourth-order valence-corrected chi connectivity index (χ4v) is 4.68. The lowest BCUT2D eigenvalue weighted by molar-refractivity contribution is -0.385. The molecule has 0 fully saturated rings. The third kappa shape index (κ3) is 4.62. The Balaban J connectivity index is 2.33. The minimum absolute atomic E-state index is 0.172. The number of benzene rings is 1. The zero-order valence-electron chi connectivity index (χ0n) is 20.1. The second-order valence-corrected chi connectivity index (χ2v) is 9.52. The number of hydrogen-bond acceptors (Lipinski definition) is 8. The van der Waals surface area contributed by atoms with Crippen LogP contribution >= 0.6 is 0 Å². The van der Waals surface area contributed by atoms with Gasteiger partial charge in [0.15, 0.2) is 17.3 Å². The van der Waals surface area contributed by atoms with Gasteiger partial charge in [-0.3, -0.25) is 24.7 Å². The second kappa shape index (κ2) is 8.96. The van der Waals surface area contributed by atoms with Gasteiger partial charge < -0.3 is 14.2 Å². The van der Waals surface area contributed by atoms with Crippen molar-refractivity contribution in [1.82, 2.24) is 0 Å². The monoisotopic (exact) mass is 458 g/mol. The molecule has 0 bridgehead atoms. The number of rotatable bonds is 6. The molecule has 0 spiro atoms. The van der Waals surface area contributed by atoms with Crippen LogP contribution in [0.15, 0.2) is 28.4 Å². The van der Waals surface area contributed by atoms with Crippen LogP contribution < -0.4 is 9.47 Å². The average molecular weight is 459 g/mol. The molecule has 0 saturated heterocycles. The van der Waals surface area contributed by atoms with Gasteiger partial charge in [-0.25, -0.2) is 0 Å². The second-order valence-electron chi connectivity index (χ2n) is 9.52. The Bertz CT molecular complexity index is 1070. The van der Waals surface area contributed by atoms with E-state index in [4.69, 9.17) is 14.2 Å². The molecule has 1 unspecified atom stereocenters. The summed E-state index contributed by atoms with van der Waals surface area (Å²) in [5.41, 5.74) is 0.979. The van der Waals surface area contributed by atoms with E-state index >= 15 is 0 Å². The van der Waals surface area contributed by atoms with Crippen LogP contribution in [0.1, 0.15) is 58.9 Å². The summed E-state index contributed by atoms with van der Waals surface area (Å²) in [6.07, 6.45) is 0.376. The zero-order valence-corrected chi connectivity index (χ0v) is 20.1. The van der Waals surface area contributed by atoms with Crippen molar-refractivity contribution in [3.63, 3.8) is 0 Å². The fraction of sp³-hybridized carbons (Fsp3) is 0.542. The number of nitro groups is 1. The van der Waals surface area contributed by atoms with Crippen LogP contribution in [-0.2, 0) is 14.3 Å². The highest BCUT2D eigenvalue weighted by molar-refractivity contribution is 6.09. The summed E-state index contributed by atoms with van der Waals surface area (Å²) >= 11 is 0. The van der Waals surface area contributed by atoms with Crippen molar-refractivity contribution in [2.75, 3.05) is 14.2 Å². The Morgan fingerprint density at radius 1 is 1.18 bits per heavy atom. The largest absolute Gasteiger partial charge is 0.493 e. The quantitative estimate of drug-likeness (QED) is 0.353. The molecule has 0 saturated carbocycles. The minimum Gasteiger partial charge on any atom is -0.493 e. The molecule has 1 aromatic rings. The highest BCUT2D eigenvalue weighted by atomic mass is 16.6. The van der Waals surface area contributed by atoms with Crippen molar-refractivity contribution in [3.05, 3.63) is 39.1 Å². The minimum atomic E-state index is -0.979. The molecule has 1 aliphatic carbocycles. The van der Waals surface area contributed by atoms with Crippen molar-refractivity contribution in [1.29, 1.82) is 0 Å². The summed E-state index contributed by atoms with van der Waals surface area (Å²) < 4.78 is 16.1. The maximum atomic E-state index is 13.4. The van der Waals surface area contributed by atoms with E-state index in [2.05, 4.69) is 4.99 Å². The van der Waals surface area contributed by atoms with Crippen LogP contribution in [0.3, 0.4) is 0 Å². The first-order chi connectivity index (χ1) is 15.4. The van der Waals surface area contributed by atoms with Crippen molar-refractivity contribution < 1.29 is 28.7 Å². The summed E-state index contributed by atoms with van der Waals surface area (Å²) in [5.74, 6) is -2.21. The summed E-state index contributed by atoms with van der Waals surface area (Å²) in [6, 6.07) is 2.74. The summed E-state index contributed by atoms with van der Waals surface area (Å²) in [4.78, 5) is 42.8. The smallest absolute Gasteiger partial charge is 0.315 e. The molecule has 33 heavy (non-hydrogen) atoms. The number of ether oxygens (including phenoxy) is 3. The number of carbonyl (C=O) groups excluding carboxylic acids is 2. The van der Waals surface area contributed by atoms with Crippen molar-refractivity contribution in [2.45, 2.75) is 59.5 Å². The fourth-order valence-electron chi connectivity index (χ4n) is 4.68. The first-order valence-corrected chi connectivity index (χ1v) is 10.8. The summed E-state index contributed by atoms with van der Waals surface area (Å²) in [6.45, 7) is 9.10. The molecule has 2 aliphatic rings. The number of methoxy groups -OCH3 is 2. The average Bonchev–Trinajstić information content (AvgIpc) is 2.69. The van der Waals surface area contributed by atoms with Gasteiger partial charge in [-0.05, 0) is 38.7 Å². The third-order valence-corrected chi connectivity index (χ3v) is 5.97. The number of hydrogen-bond donors (Lipinski definition) is 0. The number of allylic oxidation sites excluding steroid dienone is 2. The first kappa shape index (κ1) is 24.4. The van der Waals surface area contributed by atoms with Crippen molar-refractivity contribution >= 4 is 23.2 Å². The molecule has 0 radical (unpaired) electrons. The van der Waals surface area contributed by atoms with Gasteiger partial charge in [0.05, 0.1) is 31.3 Å². The van der Waals surface area contributed by atoms with E-state index in [0.717, 1.165) is 0 Å². The van der Waals surface area contributed by atoms with E-state index in [1.807, 2.05) is 13.8 Å². The molecule has 178 valence electrons. The SMILES string of the molecule is COc1cc([C@H]2C3=C(CC(C)(C)CC3=O)N=C(C)C2C(=O)OC(C)C)c([N+](=O)[O-])cc1OC. The van der Waals surface area contributed by atoms with Crippen LogP contribution in [0.25, 0.3) is 0 Å². The highest BCUT2D eigenvalue weighted by Gasteiger charge is 2.48. The van der Waals surface area contributed by atoms with E-state index in [9.17, 15) is 19.7 Å². The van der Waals surface area contributed by atoms with Crippen LogP contribution in [-0.4, -0.2) is 42.7 Å². The Kier molecular flexibility index (Phi) is 6.63. The summed E-state index contributed by atoms with van der Waals surface area (Å²) in [7, 11) is 2.80. The van der Waals surface area contributed by atoms with E-state index in [1.54, 1.807) is 20.8 Å². The molecule has 9 nitrogen and oxygen atoms in total. The molecule has 1 aromatic carbocycles. The van der Waals surface area contributed by atoms with E-state index < -0.39 is 28.8 Å². The molecule has 3 rings (SSSR count). The normalized spacial score (nSPS) is 21.9. The van der Waals surface area contributed by atoms with E-state index in [1.165, 1.54) is 26.4 Å². The van der Waals surface area contributed by atoms with Crippen LogP contribution in [0.2, 0.25) is 0 Å². The maximum Gasteiger partial charge on any atom is 0.315 e. The molecule has 2 atom stereocenters. The molecule has 1 heterocycles. The molecular weight excluding hydrogens is 428 g/mol. The van der Waals surface area contributed by atoms with Crippen LogP contribution in [0.5, 0.6) is 11.5 Å². The molecule has 1 aliphatic heterocycles. The summed E-state index contributed by atoms with van der Waals surface area (Å²) in [5, 5.41) is 12.1. The van der Waals surface area contributed by atoms with Crippen LogP contribution in [0, 0.1) is 21.4 Å². The third-order valence-electron chi connectivity index (χ3n) is 5.97.